The van der Waals surface area contributed by atoms with Gasteiger partial charge in [0.25, 0.3) is 0 Å². The second-order valence-electron chi connectivity index (χ2n) is 5.94. The third-order valence-corrected chi connectivity index (χ3v) is 3.88. The molecule has 0 radical (unpaired) electrons. The van der Waals surface area contributed by atoms with Crippen LogP contribution in [0.5, 0.6) is 0 Å². The van der Waals surface area contributed by atoms with Gasteiger partial charge in [-0.15, -0.1) is 0 Å². The Balaban J connectivity index is 1.91. The first-order valence-electron chi connectivity index (χ1n) is 7.99. The summed E-state index contributed by atoms with van der Waals surface area (Å²) in [6, 6.07) is 13.7. The lowest BCUT2D eigenvalue weighted by Crippen LogP contribution is -2.37. The summed E-state index contributed by atoms with van der Waals surface area (Å²) in [7, 11) is 3.87. The van der Waals surface area contributed by atoms with E-state index in [-0.39, 0.29) is 11.9 Å². The Morgan fingerprint density at radius 1 is 1.17 bits per heavy atom. The number of carbonyl (C=O) groups excluding carboxylic acids is 1. The highest BCUT2D eigenvalue weighted by Crippen LogP contribution is 2.21. The molecular formula is C19H25N3O. The van der Waals surface area contributed by atoms with Crippen molar-refractivity contribution in [3.63, 3.8) is 0 Å². The summed E-state index contributed by atoms with van der Waals surface area (Å²) >= 11 is 0. The molecule has 1 amide bonds. The van der Waals surface area contributed by atoms with E-state index in [2.05, 4.69) is 10.3 Å². The summed E-state index contributed by atoms with van der Waals surface area (Å²) in [6.07, 6.45) is 3.56. The van der Waals surface area contributed by atoms with Crippen molar-refractivity contribution in [2.45, 2.75) is 25.8 Å². The number of hydrogen-bond donors (Lipinski definition) is 1. The Bertz CT molecular complexity index is 626. The van der Waals surface area contributed by atoms with Gasteiger partial charge in [-0.25, -0.2) is 0 Å². The number of aromatic nitrogens is 1. The molecule has 0 saturated carbocycles. The number of nitrogens with one attached hydrogen (secondary N) is 1. The fraction of sp³-hybridized carbons (Fsp3) is 0.368. The highest BCUT2D eigenvalue weighted by molar-refractivity contribution is 5.83. The minimum atomic E-state index is -0.258. The highest BCUT2D eigenvalue weighted by Gasteiger charge is 2.23. The van der Waals surface area contributed by atoms with Crippen molar-refractivity contribution in [1.29, 1.82) is 0 Å². The van der Waals surface area contributed by atoms with Crippen LogP contribution in [0.3, 0.4) is 0 Å². The zero-order valence-corrected chi connectivity index (χ0v) is 14.1. The lowest BCUT2D eigenvalue weighted by molar-refractivity contribution is -0.125. The van der Waals surface area contributed by atoms with Gasteiger partial charge in [0.05, 0.1) is 0 Å². The molecule has 2 rings (SSSR count). The molecule has 23 heavy (non-hydrogen) atoms. The van der Waals surface area contributed by atoms with Crippen LogP contribution in [-0.2, 0) is 11.2 Å². The van der Waals surface area contributed by atoms with Crippen LogP contribution in [0.25, 0.3) is 0 Å². The van der Waals surface area contributed by atoms with Gasteiger partial charge >= 0.3 is 0 Å². The molecule has 0 aliphatic heterocycles. The molecule has 4 heteroatoms. The van der Waals surface area contributed by atoms with Gasteiger partial charge in [-0.1, -0.05) is 30.3 Å². The standard InChI is InChI=1S/C19H25N3O/c1-15-9-4-5-12-17(15)18(22(2)3)19(23)21-14-8-11-16-10-6-7-13-20-16/h4-7,9-10,12-13,18H,8,11,14H2,1-3H3,(H,21,23)/t18-/m1/s1. The molecule has 1 atom stereocenters. The Kier molecular flexibility index (Phi) is 6.29. The minimum absolute atomic E-state index is 0.0466. The predicted molar refractivity (Wildman–Crippen MR) is 93.2 cm³/mol. The van der Waals surface area contributed by atoms with Crippen LogP contribution in [0.1, 0.15) is 29.3 Å². The second kappa shape index (κ2) is 8.44. The predicted octanol–water partition coefficient (Wildman–Crippen LogP) is 2.74. The topological polar surface area (TPSA) is 45.2 Å². The number of pyridine rings is 1. The van der Waals surface area contributed by atoms with Gasteiger partial charge in [0.1, 0.15) is 6.04 Å². The van der Waals surface area contributed by atoms with E-state index in [0.29, 0.717) is 6.54 Å². The highest BCUT2D eigenvalue weighted by atomic mass is 16.2. The van der Waals surface area contributed by atoms with Crippen molar-refractivity contribution >= 4 is 5.91 Å². The van der Waals surface area contributed by atoms with E-state index in [1.165, 1.54) is 0 Å². The third-order valence-electron chi connectivity index (χ3n) is 3.88. The number of aryl methyl sites for hydroxylation is 2. The number of amides is 1. The average Bonchev–Trinajstić information content (AvgIpc) is 2.54. The van der Waals surface area contributed by atoms with Gasteiger partial charge < -0.3 is 5.32 Å². The van der Waals surface area contributed by atoms with Crippen LogP contribution >= 0.6 is 0 Å². The van der Waals surface area contributed by atoms with E-state index in [4.69, 9.17) is 0 Å². The first kappa shape index (κ1) is 17.2. The molecule has 4 nitrogen and oxygen atoms in total. The van der Waals surface area contributed by atoms with Gasteiger partial charge in [0.2, 0.25) is 5.91 Å². The number of nitrogens with zero attached hydrogens (tertiary/aromatic N) is 2. The fourth-order valence-electron chi connectivity index (χ4n) is 2.67. The van der Waals surface area contributed by atoms with E-state index in [0.717, 1.165) is 29.7 Å². The Morgan fingerprint density at radius 3 is 2.57 bits per heavy atom. The Labute approximate surface area is 138 Å². The summed E-state index contributed by atoms with van der Waals surface area (Å²) in [6.45, 7) is 2.70. The molecule has 0 spiro atoms. The minimum Gasteiger partial charge on any atom is -0.354 e. The Morgan fingerprint density at radius 2 is 1.91 bits per heavy atom. The van der Waals surface area contributed by atoms with Crippen molar-refractivity contribution in [3.8, 4) is 0 Å². The third kappa shape index (κ3) is 4.89. The van der Waals surface area contributed by atoms with Crippen LogP contribution in [0.15, 0.2) is 48.7 Å². The molecule has 0 saturated heterocycles. The van der Waals surface area contributed by atoms with Gasteiger partial charge in [0, 0.05) is 18.4 Å². The molecular weight excluding hydrogens is 286 g/mol. The molecule has 2 aromatic rings. The molecule has 1 aromatic heterocycles. The first-order valence-corrected chi connectivity index (χ1v) is 7.99. The summed E-state index contributed by atoms with van der Waals surface area (Å²) in [5, 5.41) is 3.05. The van der Waals surface area contributed by atoms with Crippen molar-refractivity contribution in [2.75, 3.05) is 20.6 Å². The van der Waals surface area contributed by atoms with Gasteiger partial charge in [0.15, 0.2) is 0 Å². The summed E-state index contributed by atoms with van der Waals surface area (Å²) in [5.41, 5.74) is 3.25. The number of carbonyl (C=O) groups is 1. The molecule has 0 fully saturated rings. The molecule has 0 bridgehead atoms. The SMILES string of the molecule is Cc1ccccc1[C@H](C(=O)NCCCc1ccccn1)N(C)C. The monoisotopic (exact) mass is 311 g/mol. The smallest absolute Gasteiger partial charge is 0.241 e. The van der Waals surface area contributed by atoms with E-state index >= 15 is 0 Å². The fourth-order valence-corrected chi connectivity index (χ4v) is 2.67. The maximum absolute atomic E-state index is 12.6. The van der Waals surface area contributed by atoms with Crippen molar-refractivity contribution in [1.82, 2.24) is 15.2 Å². The zero-order chi connectivity index (χ0) is 16.7. The van der Waals surface area contributed by atoms with E-state index in [1.54, 1.807) is 6.20 Å². The molecule has 122 valence electrons. The number of rotatable bonds is 7. The van der Waals surface area contributed by atoms with E-state index in [9.17, 15) is 4.79 Å². The molecule has 0 aliphatic carbocycles. The number of likely N-dealkylation sites (N-methyl/N-ethyl adjacent to an activating group) is 1. The van der Waals surface area contributed by atoms with Crippen LogP contribution < -0.4 is 5.32 Å². The zero-order valence-electron chi connectivity index (χ0n) is 14.1. The molecule has 1 heterocycles. The van der Waals surface area contributed by atoms with Crippen molar-refractivity contribution in [2.24, 2.45) is 0 Å². The van der Waals surface area contributed by atoms with Crippen LogP contribution in [0, 0.1) is 6.92 Å². The number of hydrogen-bond acceptors (Lipinski definition) is 3. The van der Waals surface area contributed by atoms with Crippen molar-refractivity contribution in [3.05, 3.63) is 65.5 Å². The van der Waals surface area contributed by atoms with E-state index < -0.39 is 0 Å². The molecule has 1 aromatic carbocycles. The number of benzene rings is 1. The maximum atomic E-state index is 12.6. The second-order valence-corrected chi connectivity index (χ2v) is 5.94. The first-order chi connectivity index (χ1) is 11.1. The van der Waals surface area contributed by atoms with Crippen LogP contribution in [0.4, 0.5) is 0 Å². The lowest BCUT2D eigenvalue weighted by Gasteiger charge is -2.25. The molecule has 0 aliphatic rings. The summed E-state index contributed by atoms with van der Waals surface area (Å²) in [4.78, 5) is 18.8. The van der Waals surface area contributed by atoms with E-state index in [1.807, 2.05) is 68.4 Å². The summed E-state index contributed by atoms with van der Waals surface area (Å²) < 4.78 is 0. The maximum Gasteiger partial charge on any atom is 0.241 e. The lowest BCUT2D eigenvalue weighted by atomic mass is 10.00. The normalized spacial score (nSPS) is 12.2. The average molecular weight is 311 g/mol. The van der Waals surface area contributed by atoms with Crippen LogP contribution in [0.2, 0.25) is 0 Å². The van der Waals surface area contributed by atoms with Crippen molar-refractivity contribution < 1.29 is 4.79 Å². The Hall–Kier alpha value is -2.20. The van der Waals surface area contributed by atoms with Gasteiger partial charge in [-0.05, 0) is 57.1 Å². The van der Waals surface area contributed by atoms with Gasteiger partial charge in [-0.2, -0.15) is 0 Å². The largest absolute Gasteiger partial charge is 0.354 e. The molecule has 0 unspecified atom stereocenters. The van der Waals surface area contributed by atoms with Gasteiger partial charge in [-0.3, -0.25) is 14.7 Å². The quantitative estimate of drug-likeness (QED) is 0.800. The van der Waals surface area contributed by atoms with Crippen LogP contribution in [-0.4, -0.2) is 36.4 Å². The summed E-state index contributed by atoms with van der Waals surface area (Å²) in [5.74, 6) is 0.0466. The molecule has 1 N–H and O–H groups in total.